The molecule has 1 N–H and O–H groups in total. The Hall–Kier alpha value is -4.07. The number of anilines is 1. The van der Waals surface area contributed by atoms with Gasteiger partial charge in [-0.05, 0) is 5.56 Å². The molecule has 142 valence electrons. The quantitative estimate of drug-likeness (QED) is 0.575. The second-order valence-corrected chi connectivity index (χ2v) is 6.47. The van der Waals surface area contributed by atoms with Crippen molar-refractivity contribution in [1.82, 2.24) is 15.2 Å². The molecule has 5 rings (SSSR count). The number of Topliss-reactive ketones (excluding diaryl/α,β-unsaturated/α-hetero) is 1. The molecular formula is C21H15N5O3. The van der Waals surface area contributed by atoms with Crippen LogP contribution in [0.15, 0.2) is 81.0 Å². The van der Waals surface area contributed by atoms with E-state index in [1.807, 2.05) is 54.6 Å². The van der Waals surface area contributed by atoms with E-state index >= 15 is 0 Å². The topological polar surface area (TPSA) is 106 Å². The Balaban J connectivity index is 1.52. The molecule has 0 saturated heterocycles. The first-order chi connectivity index (χ1) is 14.3. The summed E-state index contributed by atoms with van der Waals surface area (Å²) in [4.78, 5) is 21.5. The van der Waals surface area contributed by atoms with Crippen LogP contribution in [0, 0.1) is 0 Å². The van der Waals surface area contributed by atoms with Gasteiger partial charge in [0.2, 0.25) is 5.76 Å². The molecule has 0 fully saturated rings. The van der Waals surface area contributed by atoms with Gasteiger partial charge in [0.25, 0.3) is 5.89 Å². The van der Waals surface area contributed by atoms with Crippen molar-refractivity contribution in [1.29, 1.82) is 0 Å². The molecule has 1 atom stereocenters. The van der Waals surface area contributed by atoms with Gasteiger partial charge in [-0.2, -0.15) is 0 Å². The monoisotopic (exact) mass is 385 g/mol. The number of aliphatic imine (C=N–C) groups is 1. The van der Waals surface area contributed by atoms with E-state index in [1.54, 1.807) is 0 Å². The van der Waals surface area contributed by atoms with Crippen molar-refractivity contribution in [3.63, 3.8) is 0 Å². The van der Waals surface area contributed by atoms with Crippen LogP contribution in [-0.2, 0) is 11.2 Å². The summed E-state index contributed by atoms with van der Waals surface area (Å²) in [5, 5.41) is 10.8. The number of aromatic nitrogens is 3. The molecule has 1 aliphatic heterocycles. The zero-order valence-electron chi connectivity index (χ0n) is 15.1. The largest absolute Gasteiger partial charge is 0.438 e. The molecule has 1 aliphatic rings. The molecule has 0 saturated carbocycles. The average molecular weight is 385 g/mol. The van der Waals surface area contributed by atoms with Gasteiger partial charge < -0.3 is 14.2 Å². The molecule has 2 aromatic heterocycles. The fourth-order valence-electron chi connectivity index (χ4n) is 3.22. The average Bonchev–Trinajstić information content (AvgIpc) is 3.42. The number of nitrogens with one attached hydrogen (secondary N) is 1. The second kappa shape index (κ2) is 7.16. The lowest BCUT2D eigenvalue weighted by atomic mass is 9.96. The number of fused-ring (bicyclic) bond motifs is 1. The maximum Gasteiger partial charge on any atom is 0.317 e. The van der Waals surface area contributed by atoms with Crippen LogP contribution in [-0.4, -0.2) is 32.8 Å². The van der Waals surface area contributed by atoms with Gasteiger partial charge >= 0.3 is 6.01 Å². The molecule has 4 aromatic rings. The van der Waals surface area contributed by atoms with E-state index in [2.05, 4.69) is 20.5 Å². The smallest absolute Gasteiger partial charge is 0.317 e. The lowest BCUT2D eigenvalue weighted by molar-refractivity contribution is -0.119. The highest BCUT2D eigenvalue weighted by Gasteiger charge is 2.27. The summed E-state index contributed by atoms with van der Waals surface area (Å²) in [5.41, 5.74) is 3.52. The molecule has 3 heterocycles. The molecule has 8 heteroatoms. The van der Waals surface area contributed by atoms with E-state index in [-0.39, 0.29) is 24.1 Å². The molecular weight excluding hydrogens is 370 g/mol. The van der Waals surface area contributed by atoms with Gasteiger partial charge in [0.15, 0.2) is 18.3 Å². The highest BCUT2D eigenvalue weighted by Crippen LogP contribution is 2.24. The number of benzene rings is 2. The molecule has 0 amide bonds. The van der Waals surface area contributed by atoms with Gasteiger partial charge in [-0.3, -0.25) is 9.79 Å². The predicted octanol–water partition coefficient (Wildman–Crippen LogP) is 3.13. The number of nitrogens with zero attached hydrogens (tertiary/aromatic N) is 4. The van der Waals surface area contributed by atoms with Gasteiger partial charge in [0.05, 0.1) is 11.9 Å². The van der Waals surface area contributed by atoms with Crippen LogP contribution in [0.1, 0.15) is 16.7 Å². The Morgan fingerprint density at radius 1 is 1.00 bits per heavy atom. The van der Waals surface area contributed by atoms with Crippen LogP contribution in [0.25, 0.3) is 11.7 Å². The lowest BCUT2D eigenvalue weighted by Crippen LogP contribution is -2.29. The standard InChI is InChI=1S/C21H15N5O3/c27-16-10-14-8-4-5-9-15(14)18(13-6-2-1-3-7-13)23-19(16)24-21-26-25-20(29-21)17-11-22-12-28-17/h1-9,11-12,19H,10H2,(H,24,26). The van der Waals surface area contributed by atoms with E-state index in [1.165, 1.54) is 12.6 Å². The first-order valence-electron chi connectivity index (χ1n) is 9.01. The summed E-state index contributed by atoms with van der Waals surface area (Å²) in [7, 11) is 0. The van der Waals surface area contributed by atoms with Crippen LogP contribution in [0.3, 0.4) is 0 Å². The summed E-state index contributed by atoms with van der Waals surface area (Å²) < 4.78 is 10.7. The SMILES string of the molecule is O=C1Cc2ccccc2C(c2ccccc2)=NC1Nc1nnc(-c2cnco2)o1. The highest BCUT2D eigenvalue weighted by atomic mass is 16.4. The van der Waals surface area contributed by atoms with Crippen molar-refractivity contribution >= 4 is 17.5 Å². The normalized spacial score (nSPS) is 16.1. The number of hydrogen-bond donors (Lipinski definition) is 1. The number of carbonyl (C=O) groups is 1. The highest BCUT2D eigenvalue weighted by molar-refractivity contribution is 6.16. The lowest BCUT2D eigenvalue weighted by Gasteiger charge is -2.11. The third-order valence-corrected chi connectivity index (χ3v) is 4.58. The molecule has 8 nitrogen and oxygen atoms in total. The molecule has 29 heavy (non-hydrogen) atoms. The predicted molar refractivity (Wildman–Crippen MR) is 104 cm³/mol. The van der Waals surface area contributed by atoms with Gasteiger partial charge in [0.1, 0.15) is 0 Å². The molecule has 0 aliphatic carbocycles. The summed E-state index contributed by atoms with van der Waals surface area (Å²) in [5.74, 6) is 0.419. The van der Waals surface area contributed by atoms with Crippen molar-refractivity contribution in [3.8, 4) is 11.7 Å². The molecule has 0 bridgehead atoms. The van der Waals surface area contributed by atoms with E-state index < -0.39 is 6.17 Å². The van der Waals surface area contributed by atoms with E-state index in [9.17, 15) is 4.79 Å². The Morgan fingerprint density at radius 3 is 2.66 bits per heavy atom. The molecule has 0 radical (unpaired) electrons. The van der Waals surface area contributed by atoms with Crippen LogP contribution in [0.2, 0.25) is 0 Å². The fourth-order valence-corrected chi connectivity index (χ4v) is 3.22. The zero-order chi connectivity index (χ0) is 19.6. The summed E-state index contributed by atoms with van der Waals surface area (Å²) >= 11 is 0. The third-order valence-electron chi connectivity index (χ3n) is 4.58. The third kappa shape index (κ3) is 3.31. The molecule has 0 spiro atoms. The first kappa shape index (κ1) is 17.1. The minimum absolute atomic E-state index is 0.0804. The number of ketones is 1. The van der Waals surface area contributed by atoms with Crippen LogP contribution < -0.4 is 5.32 Å². The molecule has 2 aromatic carbocycles. The van der Waals surface area contributed by atoms with Crippen molar-refractivity contribution < 1.29 is 13.6 Å². The maximum absolute atomic E-state index is 12.9. The number of oxazole rings is 1. The van der Waals surface area contributed by atoms with E-state index in [4.69, 9.17) is 13.8 Å². The first-order valence-corrected chi connectivity index (χ1v) is 9.01. The Morgan fingerprint density at radius 2 is 1.83 bits per heavy atom. The number of rotatable bonds is 4. The maximum atomic E-state index is 12.9. The van der Waals surface area contributed by atoms with Gasteiger partial charge in [-0.1, -0.05) is 59.7 Å². The second-order valence-electron chi connectivity index (χ2n) is 6.47. The van der Waals surface area contributed by atoms with Crippen molar-refractivity contribution in [2.24, 2.45) is 4.99 Å². The Labute approximate surface area is 165 Å². The van der Waals surface area contributed by atoms with Crippen molar-refractivity contribution in [3.05, 3.63) is 83.9 Å². The van der Waals surface area contributed by atoms with Gasteiger partial charge in [-0.25, -0.2) is 4.98 Å². The zero-order valence-corrected chi connectivity index (χ0v) is 15.1. The Kier molecular flexibility index (Phi) is 4.21. The molecule has 1 unspecified atom stereocenters. The van der Waals surface area contributed by atoms with Gasteiger partial charge in [0, 0.05) is 17.5 Å². The summed E-state index contributed by atoms with van der Waals surface area (Å²) in [6, 6.07) is 17.6. The number of hydrogen-bond acceptors (Lipinski definition) is 8. The van der Waals surface area contributed by atoms with Crippen LogP contribution in [0.4, 0.5) is 6.01 Å². The van der Waals surface area contributed by atoms with Crippen molar-refractivity contribution in [2.75, 3.05) is 5.32 Å². The fraction of sp³-hybridized carbons (Fsp3) is 0.0952. The van der Waals surface area contributed by atoms with E-state index in [0.29, 0.717) is 5.76 Å². The Bertz CT molecular complexity index is 1180. The summed E-state index contributed by atoms with van der Waals surface area (Å²) in [6.45, 7) is 0. The van der Waals surface area contributed by atoms with Crippen LogP contribution in [0.5, 0.6) is 0 Å². The van der Waals surface area contributed by atoms with E-state index in [0.717, 1.165) is 22.4 Å². The minimum Gasteiger partial charge on any atom is -0.438 e. The van der Waals surface area contributed by atoms with Crippen molar-refractivity contribution in [2.45, 2.75) is 12.6 Å². The minimum atomic E-state index is -0.861. The number of carbonyl (C=O) groups excluding carboxylic acids is 1. The summed E-state index contributed by atoms with van der Waals surface area (Å²) in [6.07, 6.45) is 2.13. The van der Waals surface area contributed by atoms with Crippen LogP contribution >= 0.6 is 0 Å². The van der Waals surface area contributed by atoms with Gasteiger partial charge in [-0.15, -0.1) is 5.10 Å².